The van der Waals surface area contributed by atoms with Crippen LogP contribution in [-0.4, -0.2) is 28.8 Å². The third-order valence-corrected chi connectivity index (χ3v) is 0.457. The van der Waals surface area contributed by atoms with Gasteiger partial charge in [0.1, 0.15) is 0 Å². The van der Waals surface area contributed by atoms with Gasteiger partial charge in [0, 0.05) is 0 Å². The number of aliphatic hydroxyl groups excluding tert-OH is 1. The topological polar surface area (TPSA) is 83.5 Å². The smallest absolute Gasteiger partial charge is 0.193 e. The number of aldehydes is 1. The molecule has 4 N–H and O–H groups in total. The SMILES string of the molecule is NC(O)(C=O)CO. The monoisotopic (exact) mass is 105 g/mol. The molecule has 0 aliphatic rings. The molecule has 0 aromatic heterocycles. The molecule has 0 heterocycles. The predicted octanol–water partition coefficient (Wildman–Crippen LogP) is -2.18. The number of hydrogen-bond acceptors (Lipinski definition) is 4. The van der Waals surface area contributed by atoms with E-state index in [-0.39, 0.29) is 6.29 Å². The van der Waals surface area contributed by atoms with E-state index in [1.807, 2.05) is 0 Å². The highest BCUT2D eigenvalue weighted by Crippen LogP contribution is 1.82. The number of rotatable bonds is 2. The highest BCUT2D eigenvalue weighted by Gasteiger charge is 2.16. The van der Waals surface area contributed by atoms with Crippen LogP contribution in [-0.2, 0) is 4.79 Å². The summed E-state index contributed by atoms with van der Waals surface area (Å²) in [4.78, 5) is 9.52. The van der Waals surface area contributed by atoms with E-state index in [0.29, 0.717) is 0 Å². The fourth-order valence-electron chi connectivity index (χ4n) is 0.0373. The first-order chi connectivity index (χ1) is 3.12. The zero-order valence-electron chi connectivity index (χ0n) is 3.66. The third-order valence-electron chi connectivity index (χ3n) is 0.457. The van der Waals surface area contributed by atoms with Crippen molar-refractivity contribution in [2.75, 3.05) is 6.61 Å². The summed E-state index contributed by atoms with van der Waals surface area (Å²) in [7, 11) is 0. The summed E-state index contributed by atoms with van der Waals surface area (Å²) < 4.78 is 0. The van der Waals surface area contributed by atoms with Gasteiger partial charge in [-0.2, -0.15) is 0 Å². The highest BCUT2D eigenvalue weighted by molar-refractivity contribution is 5.60. The first-order valence-electron chi connectivity index (χ1n) is 1.71. The number of aliphatic hydroxyl groups is 2. The molecule has 0 bridgehead atoms. The van der Waals surface area contributed by atoms with Crippen LogP contribution in [0.1, 0.15) is 0 Å². The van der Waals surface area contributed by atoms with Crippen LogP contribution in [0.3, 0.4) is 0 Å². The van der Waals surface area contributed by atoms with Crippen molar-refractivity contribution in [1.29, 1.82) is 0 Å². The minimum absolute atomic E-state index is 0.0764. The Hall–Kier alpha value is -0.450. The van der Waals surface area contributed by atoms with Gasteiger partial charge >= 0.3 is 0 Å². The average Bonchev–Trinajstić information content (AvgIpc) is 1.68. The molecule has 0 rings (SSSR count). The molecule has 0 fully saturated rings. The second kappa shape index (κ2) is 2.02. The number of carbonyl (C=O) groups is 1. The summed E-state index contributed by atoms with van der Waals surface area (Å²) in [6.07, 6.45) is 0.0764. The number of carbonyl (C=O) groups excluding carboxylic acids is 1. The summed E-state index contributed by atoms with van der Waals surface area (Å²) in [5.41, 5.74) is 2.61. The van der Waals surface area contributed by atoms with E-state index in [2.05, 4.69) is 5.73 Å². The van der Waals surface area contributed by atoms with Crippen molar-refractivity contribution < 1.29 is 15.0 Å². The van der Waals surface area contributed by atoms with Crippen molar-refractivity contribution in [3.05, 3.63) is 0 Å². The van der Waals surface area contributed by atoms with E-state index in [9.17, 15) is 4.79 Å². The molecule has 0 aromatic rings. The van der Waals surface area contributed by atoms with Crippen molar-refractivity contribution in [3.8, 4) is 0 Å². The average molecular weight is 105 g/mol. The van der Waals surface area contributed by atoms with E-state index in [0.717, 1.165) is 0 Å². The maximum atomic E-state index is 9.52. The van der Waals surface area contributed by atoms with Crippen LogP contribution in [0.4, 0.5) is 0 Å². The molecule has 1 unspecified atom stereocenters. The van der Waals surface area contributed by atoms with Gasteiger partial charge in [-0.25, -0.2) is 0 Å². The number of nitrogens with two attached hydrogens (primary N) is 1. The fourth-order valence-corrected chi connectivity index (χ4v) is 0.0373. The lowest BCUT2D eigenvalue weighted by Crippen LogP contribution is -2.44. The van der Waals surface area contributed by atoms with E-state index >= 15 is 0 Å². The van der Waals surface area contributed by atoms with Gasteiger partial charge in [0.25, 0.3) is 0 Å². The molecule has 0 spiro atoms. The second-order valence-electron chi connectivity index (χ2n) is 1.27. The molecule has 0 radical (unpaired) electrons. The maximum Gasteiger partial charge on any atom is 0.193 e. The molecule has 0 saturated heterocycles. The van der Waals surface area contributed by atoms with Gasteiger partial charge in [0.05, 0.1) is 6.61 Å². The van der Waals surface area contributed by atoms with Crippen LogP contribution in [0.2, 0.25) is 0 Å². The summed E-state index contributed by atoms with van der Waals surface area (Å²) in [5, 5.41) is 16.3. The van der Waals surface area contributed by atoms with Crippen LogP contribution in [0.15, 0.2) is 0 Å². The molecule has 4 heteroatoms. The minimum Gasteiger partial charge on any atom is -0.391 e. The molecule has 0 aliphatic carbocycles. The van der Waals surface area contributed by atoms with E-state index < -0.39 is 12.3 Å². The van der Waals surface area contributed by atoms with Gasteiger partial charge in [-0.05, 0) is 0 Å². The Morgan fingerprint density at radius 3 is 2.29 bits per heavy atom. The van der Waals surface area contributed by atoms with Crippen LogP contribution in [0, 0.1) is 0 Å². The van der Waals surface area contributed by atoms with Crippen molar-refractivity contribution in [3.63, 3.8) is 0 Å². The Bertz CT molecular complexity index is 70.6. The Labute approximate surface area is 40.6 Å². The van der Waals surface area contributed by atoms with Gasteiger partial charge in [-0.1, -0.05) is 0 Å². The highest BCUT2D eigenvalue weighted by atomic mass is 16.3. The first kappa shape index (κ1) is 6.55. The molecule has 4 nitrogen and oxygen atoms in total. The molecule has 1 atom stereocenters. The van der Waals surface area contributed by atoms with Gasteiger partial charge < -0.3 is 10.2 Å². The van der Waals surface area contributed by atoms with Gasteiger partial charge in [0.15, 0.2) is 12.0 Å². The molecule has 0 saturated carbocycles. The lowest BCUT2D eigenvalue weighted by atomic mass is 10.3. The van der Waals surface area contributed by atoms with Crippen molar-refractivity contribution in [2.45, 2.75) is 5.72 Å². The van der Waals surface area contributed by atoms with Crippen LogP contribution < -0.4 is 5.73 Å². The third kappa shape index (κ3) is 2.27. The molecule has 0 amide bonds. The predicted molar refractivity (Wildman–Crippen MR) is 22.3 cm³/mol. The molecular formula is C3H7NO3. The molecule has 0 aromatic carbocycles. The summed E-state index contributed by atoms with van der Waals surface area (Å²) in [6.45, 7) is -0.740. The maximum absolute atomic E-state index is 9.52. The summed E-state index contributed by atoms with van der Waals surface area (Å²) in [6, 6.07) is 0. The lowest BCUT2D eigenvalue weighted by molar-refractivity contribution is -0.127. The Kier molecular flexibility index (Phi) is 1.89. The van der Waals surface area contributed by atoms with Gasteiger partial charge in [-0.3, -0.25) is 10.5 Å². The largest absolute Gasteiger partial charge is 0.391 e. The molecule has 0 aliphatic heterocycles. The van der Waals surface area contributed by atoms with Crippen molar-refractivity contribution in [1.82, 2.24) is 0 Å². The Balaban J connectivity index is 3.58. The summed E-state index contributed by atoms with van der Waals surface area (Å²) in [5.74, 6) is 0. The van der Waals surface area contributed by atoms with Crippen LogP contribution in [0.5, 0.6) is 0 Å². The first-order valence-corrected chi connectivity index (χ1v) is 1.71. The van der Waals surface area contributed by atoms with Crippen molar-refractivity contribution >= 4 is 6.29 Å². The normalized spacial score (nSPS) is 18.1. The van der Waals surface area contributed by atoms with Gasteiger partial charge in [0.2, 0.25) is 0 Å². The van der Waals surface area contributed by atoms with E-state index in [1.54, 1.807) is 0 Å². The fraction of sp³-hybridized carbons (Fsp3) is 0.667. The zero-order valence-corrected chi connectivity index (χ0v) is 3.66. The van der Waals surface area contributed by atoms with E-state index in [4.69, 9.17) is 10.2 Å². The quantitative estimate of drug-likeness (QED) is 0.275. The second-order valence-corrected chi connectivity index (χ2v) is 1.27. The van der Waals surface area contributed by atoms with Crippen molar-refractivity contribution in [2.24, 2.45) is 5.73 Å². The summed E-state index contributed by atoms with van der Waals surface area (Å²) >= 11 is 0. The standard InChI is InChI=1S/C3H7NO3/c4-3(7,1-5)2-6/h1,6-7H,2,4H2. The molecule has 42 valence electrons. The molecule has 7 heavy (non-hydrogen) atoms. The van der Waals surface area contributed by atoms with Crippen LogP contribution >= 0.6 is 0 Å². The molecular weight excluding hydrogens is 98.0 g/mol. The lowest BCUT2D eigenvalue weighted by Gasteiger charge is -2.08. The Morgan fingerprint density at radius 1 is 1.86 bits per heavy atom. The van der Waals surface area contributed by atoms with Crippen LogP contribution in [0.25, 0.3) is 0 Å². The minimum atomic E-state index is -2.04. The zero-order chi connectivity index (χ0) is 5.91. The van der Waals surface area contributed by atoms with E-state index in [1.165, 1.54) is 0 Å². The Morgan fingerprint density at radius 2 is 2.29 bits per heavy atom. The number of hydrogen-bond donors (Lipinski definition) is 3. The van der Waals surface area contributed by atoms with Gasteiger partial charge in [-0.15, -0.1) is 0 Å².